The third-order valence-corrected chi connectivity index (χ3v) is 5.52. The van der Waals surface area contributed by atoms with Crippen LogP contribution in [0, 0.1) is 15.9 Å². The molecule has 144 valence electrons. The second-order valence-corrected chi connectivity index (χ2v) is 7.34. The van der Waals surface area contributed by atoms with Crippen LogP contribution in [0.5, 0.6) is 0 Å². The van der Waals surface area contributed by atoms with Gasteiger partial charge in [0.05, 0.1) is 11.0 Å². The summed E-state index contributed by atoms with van der Waals surface area (Å²) in [5.74, 6) is -0.277. The molecule has 2 aromatic carbocycles. The molecule has 0 amide bonds. The minimum absolute atomic E-state index is 0.0240. The molecule has 0 fully saturated rings. The van der Waals surface area contributed by atoms with Gasteiger partial charge in [-0.2, -0.15) is 0 Å². The molecule has 2 heterocycles. The monoisotopic (exact) mass is 399 g/mol. The van der Waals surface area contributed by atoms with Crippen LogP contribution in [0.25, 0.3) is 0 Å². The van der Waals surface area contributed by atoms with Crippen molar-refractivity contribution in [2.45, 2.75) is 25.6 Å². The molecule has 0 saturated carbocycles. The van der Waals surface area contributed by atoms with E-state index in [1.54, 1.807) is 18.2 Å². The van der Waals surface area contributed by atoms with E-state index in [0.717, 1.165) is 30.8 Å². The van der Waals surface area contributed by atoms with Gasteiger partial charge in [-0.25, -0.2) is 4.39 Å². The van der Waals surface area contributed by atoms with Crippen LogP contribution in [0.15, 0.2) is 60.8 Å². The highest BCUT2D eigenvalue weighted by molar-refractivity contribution is 6.31. The maximum absolute atomic E-state index is 13.5. The third kappa shape index (κ3) is 3.66. The fourth-order valence-electron chi connectivity index (χ4n) is 3.85. The minimum atomic E-state index is -0.412. The molecule has 5 nitrogen and oxygen atoms in total. The molecule has 4 rings (SSSR count). The van der Waals surface area contributed by atoms with E-state index in [1.165, 1.54) is 24.3 Å². The second-order valence-electron chi connectivity index (χ2n) is 6.94. The van der Waals surface area contributed by atoms with Gasteiger partial charge in [0, 0.05) is 48.7 Å². The standard InChI is InChI=1S/C21H19ClFN3O2/c22-19-9-8-18(26(27)28)13-16(19)14-25-12-2-11-24-10-1-3-20(24)21(25)15-4-6-17(23)7-5-15/h1,3-10,13,21H,2,11-12,14H2. The lowest BCUT2D eigenvalue weighted by Crippen LogP contribution is -2.29. The number of halogens is 2. The molecule has 0 spiro atoms. The summed E-state index contributed by atoms with van der Waals surface area (Å²) in [6, 6.07) is 15.0. The maximum atomic E-state index is 13.5. The summed E-state index contributed by atoms with van der Waals surface area (Å²) in [5.41, 5.74) is 2.83. The molecule has 1 unspecified atom stereocenters. The van der Waals surface area contributed by atoms with Crippen LogP contribution < -0.4 is 0 Å². The zero-order chi connectivity index (χ0) is 19.7. The van der Waals surface area contributed by atoms with Crippen molar-refractivity contribution in [2.75, 3.05) is 6.54 Å². The fourth-order valence-corrected chi connectivity index (χ4v) is 4.03. The number of fused-ring (bicyclic) bond motifs is 1. The largest absolute Gasteiger partial charge is 0.350 e. The Hall–Kier alpha value is -2.70. The normalized spacial score (nSPS) is 17.1. The lowest BCUT2D eigenvalue weighted by atomic mass is 10.0. The Kier molecular flexibility index (Phi) is 5.15. The SMILES string of the molecule is O=[N+]([O-])c1ccc(Cl)c(CN2CCCn3cccc3C2c2ccc(F)cc2)c1. The summed E-state index contributed by atoms with van der Waals surface area (Å²) < 4.78 is 15.7. The van der Waals surface area contributed by atoms with Crippen molar-refractivity contribution in [1.29, 1.82) is 0 Å². The number of aromatic nitrogens is 1. The van der Waals surface area contributed by atoms with Crippen LogP contribution in [-0.4, -0.2) is 20.9 Å². The molecule has 1 aromatic heterocycles. The molecule has 0 aliphatic carbocycles. The average molecular weight is 400 g/mol. The molecule has 0 bridgehead atoms. The quantitative estimate of drug-likeness (QED) is 0.448. The topological polar surface area (TPSA) is 51.3 Å². The van der Waals surface area contributed by atoms with E-state index in [-0.39, 0.29) is 17.5 Å². The maximum Gasteiger partial charge on any atom is 0.269 e. The first-order valence-corrected chi connectivity index (χ1v) is 9.48. The Morgan fingerprint density at radius 2 is 1.93 bits per heavy atom. The molecule has 0 radical (unpaired) electrons. The molecule has 3 aromatic rings. The number of non-ortho nitro benzene ring substituents is 1. The zero-order valence-corrected chi connectivity index (χ0v) is 15.8. The van der Waals surface area contributed by atoms with Crippen molar-refractivity contribution in [1.82, 2.24) is 9.47 Å². The van der Waals surface area contributed by atoms with Gasteiger partial charge in [-0.15, -0.1) is 0 Å². The Bertz CT molecular complexity index is 1000. The minimum Gasteiger partial charge on any atom is -0.350 e. The van der Waals surface area contributed by atoms with E-state index >= 15 is 0 Å². The summed E-state index contributed by atoms with van der Waals surface area (Å²) in [4.78, 5) is 13.0. The van der Waals surface area contributed by atoms with E-state index in [2.05, 4.69) is 21.7 Å². The number of rotatable bonds is 4. The van der Waals surface area contributed by atoms with Gasteiger partial charge in [0.2, 0.25) is 0 Å². The molecule has 0 saturated heterocycles. The van der Waals surface area contributed by atoms with Crippen molar-refractivity contribution in [3.05, 3.63) is 98.6 Å². The first-order valence-electron chi connectivity index (χ1n) is 9.10. The molecule has 7 heteroatoms. The first kappa shape index (κ1) is 18.7. The van der Waals surface area contributed by atoms with E-state index in [0.29, 0.717) is 17.1 Å². The molecule has 1 atom stereocenters. The van der Waals surface area contributed by atoms with Crippen molar-refractivity contribution < 1.29 is 9.31 Å². The highest BCUT2D eigenvalue weighted by atomic mass is 35.5. The van der Waals surface area contributed by atoms with Crippen molar-refractivity contribution in [3.8, 4) is 0 Å². The highest BCUT2D eigenvalue weighted by Gasteiger charge is 2.28. The van der Waals surface area contributed by atoms with Crippen molar-refractivity contribution in [3.63, 3.8) is 0 Å². The summed E-state index contributed by atoms with van der Waals surface area (Å²) in [6.45, 7) is 2.15. The summed E-state index contributed by atoms with van der Waals surface area (Å²) >= 11 is 6.35. The Balaban J connectivity index is 1.75. The predicted molar refractivity (Wildman–Crippen MR) is 106 cm³/mol. The van der Waals surface area contributed by atoms with E-state index in [9.17, 15) is 14.5 Å². The number of hydrogen-bond donors (Lipinski definition) is 0. The van der Waals surface area contributed by atoms with Gasteiger partial charge in [-0.3, -0.25) is 15.0 Å². The fraction of sp³-hybridized carbons (Fsp3) is 0.238. The molecular weight excluding hydrogens is 381 g/mol. The lowest BCUT2D eigenvalue weighted by molar-refractivity contribution is -0.384. The van der Waals surface area contributed by atoms with Gasteiger partial charge < -0.3 is 4.57 Å². The van der Waals surface area contributed by atoms with Gasteiger partial charge in [0.1, 0.15) is 5.82 Å². The Morgan fingerprint density at radius 3 is 2.68 bits per heavy atom. The van der Waals surface area contributed by atoms with Gasteiger partial charge in [0.25, 0.3) is 5.69 Å². The van der Waals surface area contributed by atoms with Gasteiger partial charge in [-0.05, 0) is 47.9 Å². The number of benzene rings is 2. The number of nitro groups is 1. The van der Waals surface area contributed by atoms with Crippen molar-refractivity contribution in [2.24, 2.45) is 0 Å². The lowest BCUT2D eigenvalue weighted by Gasteiger charge is -2.31. The van der Waals surface area contributed by atoms with E-state index in [4.69, 9.17) is 11.6 Å². The molecule has 1 aliphatic rings. The van der Waals surface area contributed by atoms with Crippen LogP contribution in [-0.2, 0) is 13.1 Å². The smallest absolute Gasteiger partial charge is 0.269 e. The van der Waals surface area contributed by atoms with Gasteiger partial charge in [-0.1, -0.05) is 23.7 Å². The Labute approximate surface area is 167 Å². The summed E-state index contributed by atoms with van der Waals surface area (Å²) in [6.07, 6.45) is 2.99. The highest BCUT2D eigenvalue weighted by Crippen LogP contribution is 2.34. The van der Waals surface area contributed by atoms with Crippen LogP contribution in [0.4, 0.5) is 10.1 Å². The van der Waals surface area contributed by atoms with E-state index < -0.39 is 4.92 Å². The third-order valence-electron chi connectivity index (χ3n) is 5.15. The van der Waals surface area contributed by atoms with Crippen LogP contribution in [0.1, 0.15) is 29.3 Å². The van der Waals surface area contributed by atoms with Gasteiger partial charge >= 0.3 is 0 Å². The van der Waals surface area contributed by atoms with Crippen LogP contribution >= 0.6 is 11.6 Å². The van der Waals surface area contributed by atoms with E-state index in [1.807, 2.05) is 6.07 Å². The number of nitrogens with zero attached hydrogens (tertiary/aromatic N) is 3. The molecule has 0 N–H and O–H groups in total. The molecule has 1 aliphatic heterocycles. The van der Waals surface area contributed by atoms with Crippen molar-refractivity contribution >= 4 is 17.3 Å². The summed E-state index contributed by atoms with van der Waals surface area (Å²) in [5, 5.41) is 11.7. The number of hydrogen-bond acceptors (Lipinski definition) is 3. The predicted octanol–water partition coefficient (Wildman–Crippen LogP) is 5.18. The molecular formula is C21H19ClFN3O2. The van der Waals surface area contributed by atoms with Crippen LogP contribution in [0.3, 0.4) is 0 Å². The number of aryl methyl sites for hydroxylation is 1. The first-order chi connectivity index (χ1) is 13.5. The van der Waals surface area contributed by atoms with Gasteiger partial charge in [0.15, 0.2) is 0 Å². The Morgan fingerprint density at radius 1 is 1.14 bits per heavy atom. The summed E-state index contributed by atoms with van der Waals surface area (Å²) in [7, 11) is 0. The number of nitro benzene ring substituents is 1. The second kappa shape index (κ2) is 7.73. The zero-order valence-electron chi connectivity index (χ0n) is 15.1. The average Bonchev–Trinajstić information content (AvgIpc) is 3.06. The van der Waals surface area contributed by atoms with Crippen LogP contribution in [0.2, 0.25) is 5.02 Å². The molecule has 28 heavy (non-hydrogen) atoms.